The molecule has 5 nitrogen and oxygen atoms in total. The Hall–Kier alpha value is -3.21. The third kappa shape index (κ3) is 3.60. The second-order valence-corrected chi connectivity index (χ2v) is 7.08. The number of rotatable bonds is 4. The Morgan fingerprint density at radius 1 is 1.11 bits per heavy atom. The van der Waals surface area contributed by atoms with Gasteiger partial charge < -0.3 is 19.9 Å². The highest BCUT2D eigenvalue weighted by molar-refractivity contribution is 6.01. The van der Waals surface area contributed by atoms with E-state index in [2.05, 4.69) is 23.2 Å². The summed E-state index contributed by atoms with van der Waals surface area (Å²) in [7, 11) is 1.81. The van der Waals surface area contributed by atoms with Crippen molar-refractivity contribution in [2.75, 3.05) is 36.9 Å². The van der Waals surface area contributed by atoms with E-state index >= 15 is 0 Å². The van der Waals surface area contributed by atoms with Crippen LogP contribution in [-0.4, -0.2) is 43.7 Å². The van der Waals surface area contributed by atoms with Gasteiger partial charge in [-0.2, -0.15) is 0 Å². The van der Waals surface area contributed by atoms with Crippen LogP contribution >= 0.6 is 0 Å². The number of urea groups is 1. The number of hydrogen-bond acceptors (Lipinski definition) is 3. The Labute approximate surface area is 165 Å². The molecule has 3 aromatic rings. The van der Waals surface area contributed by atoms with Gasteiger partial charge in [0.2, 0.25) is 0 Å². The first-order valence-corrected chi connectivity index (χ1v) is 9.66. The van der Waals surface area contributed by atoms with Crippen molar-refractivity contribution in [1.29, 1.82) is 0 Å². The van der Waals surface area contributed by atoms with Gasteiger partial charge in [0.05, 0.1) is 24.5 Å². The van der Waals surface area contributed by atoms with Crippen molar-refractivity contribution in [3.05, 3.63) is 66.7 Å². The molecule has 0 aliphatic carbocycles. The van der Waals surface area contributed by atoms with Crippen LogP contribution in [0.1, 0.15) is 6.92 Å². The number of nitrogens with zero attached hydrogens (tertiary/aromatic N) is 2. The molecule has 0 radical (unpaired) electrons. The van der Waals surface area contributed by atoms with Gasteiger partial charge in [0, 0.05) is 19.0 Å². The monoisotopic (exact) mass is 375 g/mol. The van der Waals surface area contributed by atoms with Crippen LogP contribution in [0, 0.1) is 0 Å². The molecule has 3 aromatic carbocycles. The molecule has 4 rings (SSSR count). The highest BCUT2D eigenvalue weighted by Crippen LogP contribution is 2.33. The molecule has 144 valence electrons. The lowest BCUT2D eigenvalue weighted by Crippen LogP contribution is -2.47. The van der Waals surface area contributed by atoms with Gasteiger partial charge in [-0.1, -0.05) is 48.5 Å². The van der Waals surface area contributed by atoms with Crippen LogP contribution in [0.5, 0.6) is 5.75 Å². The SMILES string of the molecule is CCN1CC(CN(C)C(=O)Nc2cccc3ccccc23)Oc2ccccc21. The predicted octanol–water partition coefficient (Wildman–Crippen LogP) is 4.59. The maximum absolute atomic E-state index is 12.8. The first-order valence-electron chi connectivity index (χ1n) is 9.66. The van der Waals surface area contributed by atoms with E-state index < -0.39 is 0 Å². The summed E-state index contributed by atoms with van der Waals surface area (Å²) in [5.41, 5.74) is 1.93. The summed E-state index contributed by atoms with van der Waals surface area (Å²) in [5, 5.41) is 5.18. The van der Waals surface area contributed by atoms with Crippen LogP contribution in [0.2, 0.25) is 0 Å². The van der Waals surface area contributed by atoms with Gasteiger partial charge in [0.15, 0.2) is 0 Å². The molecule has 0 spiro atoms. The zero-order chi connectivity index (χ0) is 19.5. The summed E-state index contributed by atoms with van der Waals surface area (Å²) in [4.78, 5) is 16.8. The lowest BCUT2D eigenvalue weighted by molar-refractivity contribution is 0.150. The maximum atomic E-state index is 12.8. The Kier molecular flexibility index (Phi) is 5.06. The summed E-state index contributed by atoms with van der Waals surface area (Å²) in [5.74, 6) is 0.878. The molecule has 1 heterocycles. The molecule has 0 aromatic heterocycles. The zero-order valence-electron chi connectivity index (χ0n) is 16.3. The topological polar surface area (TPSA) is 44.8 Å². The minimum Gasteiger partial charge on any atom is -0.485 e. The number of ether oxygens (including phenoxy) is 1. The number of likely N-dealkylation sites (N-methyl/N-ethyl adjacent to an activating group) is 2. The highest BCUT2D eigenvalue weighted by Gasteiger charge is 2.26. The van der Waals surface area contributed by atoms with E-state index in [1.54, 1.807) is 11.9 Å². The Bertz CT molecular complexity index is 983. The number of para-hydroxylation sites is 2. The second-order valence-electron chi connectivity index (χ2n) is 7.08. The van der Waals surface area contributed by atoms with Crippen LogP contribution in [-0.2, 0) is 0 Å². The minimum atomic E-state index is -0.137. The molecular formula is C23H25N3O2. The first kappa shape index (κ1) is 18.2. The number of anilines is 2. The largest absolute Gasteiger partial charge is 0.485 e. The van der Waals surface area contributed by atoms with Gasteiger partial charge in [0.25, 0.3) is 0 Å². The molecule has 1 atom stereocenters. The summed E-state index contributed by atoms with van der Waals surface area (Å²) in [6, 6.07) is 21.9. The smallest absolute Gasteiger partial charge is 0.321 e. The number of fused-ring (bicyclic) bond motifs is 2. The van der Waals surface area contributed by atoms with Gasteiger partial charge in [-0.05, 0) is 30.5 Å². The minimum absolute atomic E-state index is 0.0712. The van der Waals surface area contributed by atoms with Crippen LogP contribution < -0.4 is 15.0 Å². The van der Waals surface area contributed by atoms with Crippen molar-refractivity contribution in [2.24, 2.45) is 0 Å². The molecule has 2 amide bonds. The molecular weight excluding hydrogens is 350 g/mol. The average molecular weight is 375 g/mol. The molecule has 28 heavy (non-hydrogen) atoms. The number of carbonyl (C=O) groups is 1. The van der Waals surface area contributed by atoms with Gasteiger partial charge >= 0.3 is 6.03 Å². The van der Waals surface area contributed by atoms with Gasteiger partial charge in [0.1, 0.15) is 11.9 Å². The molecule has 1 aliphatic heterocycles. The Morgan fingerprint density at radius 2 is 1.86 bits per heavy atom. The molecule has 0 fully saturated rings. The van der Waals surface area contributed by atoms with E-state index in [4.69, 9.17) is 4.74 Å². The molecule has 1 unspecified atom stereocenters. The third-order valence-electron chi connectivity index (χ3n) is 5.16. The van der Waals surface area contributed by atoms with Crippen LogP contribution in [0.3, 0.4) is 0 Å². The molecule has 1 aliphatic rings. The van der Waals surface area contributed by atoms with Crippen molar-refractivity contribution in [1.82, 2.24) is 4.90 Å². The lowest BCUT2D eigenvalue weighted by atomic mass is 10.1. The van der Waals surface area contributed by atoms with E-state index in [0.717, 1.165) is 41.0 Å². The van der Waals surface area contributed by atoms with Crippen LogP contribution in [0.15, 0.2) is 66.7 Å². The van der Waals surface area contributed by atoms with Gasteiger partial charge in [-0.25, -0.2) is 4.79 Å². The van der Waals surface area contributed by atoms with Crippen molar-refractivity contribution in [3.8, 4) is 5.75 Å². The van der Waals surface area contributed by atoms with Crippen molar-refractivity contribution in [2.45, 2.75) is 13.0 Å². The van der Waals surface area contributed by atoms with E-state index in [1.807, 2.05) is 60.7 Å². The van der Waals surface area contributed by atoms with Crippen molar-refractivity contribution >= 4 is 28.2 Å². The number of carbonyl (C=O) groups excluding carboxylic acids is 1. The normalized spacial score (nSPS) is 15.6. The van der Waals surface area contributed by atoms with E-state index in [-0.39, 0.29) is 12.1 Å². The Morgan fingerprint density at radius 3 is 2.71 bits per heavy atom. The Balaban J connectivity index is 1.45. The summed E-state index contributed by atoms with van der Waals surface area (Å²) in [6.07, 6.45) is -0.0712. The predicted molar refractivity (Wildman–Crippen MR) is 114 cm³/mol. The lowest BCUT2D eigenvalue weighted by Gasteiger charge is -2.37. The maximum Gasteiger partial charge on any atom is 0.321 e. The van der Waals surface area contributed by atoms with E-state index in [0.29, 0.717) is 6.54 Å². The van der Waals surface area contributed by atoms with Gasteiger partial charge in [-0.3, -0.25) is 0 Å². The van der Waals surface area contributed by atoms with Gasteiger partial charge in [-0.15, -0.1) is 0 Å². The van der Waals surface area contributed by atoms with Crippen molar-refractivity contribution in [3.63, 3.8) is 0 Å². The second kappa shape index (κ2) is 7.80. The van der Waals surface area contributed by atoms with Crippen LogP contribution in [0.25, 0.3) is 10.8 Å². The number of hydrogen-bond donors (Lipinski definition) is 1. The first-order chi connectivity index (χ1) is 13.7. The fourth-order valence-corrected chi connectivity index (χ4v) is 3.71. The molecule has 0 saturated heterocycles. The third-order valence-corrected chi connectivity index (χ3v) is 5.16. The number of nitrogens with one attached hydrogen (secondary N) is 1. The van der Waals surface area contributed by atoms with Crippen LogP contribution in [0.4, 0.5) is 16.2 Å². The van der Waals surface area contributed by atoms with Crippen molar-refractivity contribution < 1.29 is 9.53 Å². The summed E-state index contributed by atoms with van der Waals surface area (Å²) < 4.78 is 6.14. The summed E-state index contributed by atoms with van der Waals surface area (Å²) >= 11 is 0. The standard InChI is InChI=1S/C23H25N3O2/c1-3-26-16-18(28-22-14-7-6-13-21(22)26)15-25(2)23(27)24-20-12-8-10-17-9-4-5-11-19(17)20/h4-14,18H,3,15-16H2,1-2H3,(H,24,27). The zero-order valence-corrected chi connectivity index (χ0v) is 16.3. The van der Waals surface area contributed by atoms with E-state index in [9.17, 15) is 4.79 Å². The number of amides is 2. The molecule has 1 N–H and O–H groups in total. The van der Waals surface area contributed by atoms with E-state index in [1.165, 1.54) is 0 Å². The molecule has 5 heteroatoms. The summed E-state index contributed by atoms with van der Waals surface area (Å²) in [6.45, 7) is 4.32. The number of benzene rings is 3. The molecule has 0 saturated carbocycles. The molecule has 0 bridgehead atoms. The quantitative estimate of drug-likeness (QED) is 0.725. The fraction of sp³-hybridized carbons (Fsp3) is 0.261. The average Bonchev–Trinajstić information content (AvgIpc) is 2.73. The highest BCUT2D eigenvalue weighted by atomic mass is 16.5. The fourth-order valence-electron chi connectivity index (χ4n) is 3.71.